The molecule has 0 amide bonds. The normalized spacial score (nSPS) is 12.5. The molecule has 1 atom stereocenters. The van der Waals surface area contributed by atoms with Gasteiger partial charge in [-0.05, 0) is 32.0 Å². The Hall–Kier alpha value is -1.35. The minimum atomic E-state index is -0.782. The van der Waals surface area contributed by atoms with E-state index >= 15 is 0 Å². The molecule has 1 unspecified atom stereocenters. The van der Waals surface area contributed by atoms with Crippen molar-refractivity contribution in [2.24, 2.45) is 0 Å². The first-order chi connectivity index (χ1) is 7.04. The van der Waals surface area contributed by atoms with Gasteiger partial charge in [-0.25, -0.2) is 0 Å². The number of aliphatic carboxylic acids is 1. The van der Waals surface area contributed by atoms with Gasteiger partial charge in [-0.3, -0.25) is 4.79 Å². The molecule has 15 heavy (non-hydrogen) atoms. The Morgan fingerprint density at radius 1 is 1.47 bits per heavy atom. The zero-order valence-corrected chi connectivity index (χ0v) is 9.37. The van der Waals surface area contributed by atoms with Crippen molar-refractivity contribution in [3.05, 3.63) is 34.9 Å². The third kappa shape index (κ3) is 3.06. The highest BCUT2D eigenvalue weighted by atomic mass is 16.4. The van der Waals surface area contributed by atoms with E-state index in [2.05, 4.69) is 5.32 Å². The third-order valence-electron chi connectivity index (χ3n) is 2.54. The molecule has 2 N–H and O–H groups in total. The lowest BCUT2D eigenvalue weighted by molar-refractivity contribution is -0.137. The second-order valence-corrected chi connectivity index (χ2v) is 3.80. The number of benzene rings is 1. The van der Waals surface area contributed by atoms with E-state index in [1.54, 1.807) is 7.05 Å². The van der Waals surface area contributed by atoms with Crippen molar-refractivity contribution < 1.29 is 9.90 Å². The number of rotatable bonds is 4. The number of carbonyl (C=O) groups is 1. The van der Waals surface area contributed by atoms with Crippen LogP contribution < -0.4 is 5.32 Å². The summed E-state index contributed by atoms with van der Waals surface area (Å²) in [5.74, 6) is -0.782. The predicted octanol–water partition coefficient (Wildman–Crippen LogP) is 2.04. The molecule has 0 fully saturated rings. The lowest BCUT2D eigenvalue weighted by Crippen LogP contribution is -2.20. The van der Waals surface area contributed by atoms with Crippen molar-refractivity contribution in [1.82, 2.24) is 5.32 Å². The standard InChI is InChI=1S/C12H17NO2/c1-8-4-5-9(2)10(6-8)11(13-3)7-12(14)15/h4-6,11,13H,7H2,1-3H3,(H,14,15). The maximum atomic E-state index is 10.7. The molecule has 0 aliphatic heterocycles. The molecule has 0 radical (unpaired) electrons. The van der Waals surface area contributed by atoms with Crippen LogP contribution in [0.4, 0.5) is 0 Å². The van der Waals surface area contributed by atoms with Crippen LogP contribution in [0.2, 0.25) is 0 Å². The lowest BCUT2D eigenvalue weighted by Gasteiger charge is -2.17. The van der Waals surface area contributed by atoms with Crippen molar-refractivity contribution >= 4 is 5.97 Å². The summed E-state index contributed by atoms with van der Waals surface area (Å²) in [6.07, 6.45) is 0.112. The zero-order chi connectivity index (χ0) is 11.4. The molecule has 0 aromatic heterocycles. The summed E-state index contributed by atoms with van der Waals surface area (Å²) in [4.78, 5) is 10.7. The fourth-order valence-electron chi connectivity index (χ4n) is 1.68. The molecule has 0 aliphatic rings. The van der Waals surface area contributed by atoms with Crippen molar-refractivity contribution in [3.63, 3.8) is 0 Å². The Kier molecular flexibility index (Phi) is 3.86. The van der Waals surface area contributed by atoms with Crippen molar-refractivity contribution in [2.75, 3.05) is 7.05 Å². The maximum absolute atomic E-state index is 10.7. The van der Waals surface area contributed by atoms with Gasteiger partial charge in [-0.1, -0.05) is 23.8 Å². The molecule has 1 aromatic carbocycles. The quantitative estimate of drug-likeness (QED) is 0.794. The summed E-state index contributed by atoms with van der Waals surface area (Å²) in [5.41, 5.74) is 3.35. The summed E-state index contributed by atoms with van der Waals surface area (Å²) >= 11 is 0. The summed E-state index contributed by atoms with van der Waals surface area (Å²) in [5, 5.41) is 11.8. The highest BCUT2D eigenvalue weighted by Crippen LogP contribution is 2.21. The van der Waals surface area contributed by atoms with E-state index in [0.29, 0.717) is 0 Å². The van der Waals surface area contributed by atoms with Gasteiger partial charge >= 0.3 is 5.97 Å². The summed E-state index contributed by atoms with van der Waals surface area (Å²) in [7, 11) is 1.79. The largest absolute Gasteiger partial charge is 0.481 e. The van der Waals surface area contributed by atoms with E-state index in [4.69, 9.17) is 5.11 Å². The van der Waals surface area contributed by atoms with Crippen LogP contribution in [0.3, 0.4) is 0 Å². The average Bonchev–Trinajstić information content (AvgIpc) is 2.18. The van der Waals surface area contributed by atoms with Crippen LogP contribution in [0, 0.1) is 13.8 Å². The number of hydrogen-bond acceptors (Lipinski definition) is 2. The SMILES string of the molecule is CNC(CC(=O)O)c1cc(C)ccc1C. The molecule has 0 heterocycles. The molecule has 0 spiro atoms. The van der Waals surface area contributed by atoms with Gasteiger partial charge in [0.15, 0.2) is 0 Å². The van der Waals surface area contributed by atoms with Crippen LogP contribution in [0.25, 0.3) is 0 Å². The first-order valence-corrected chi connectivity index (χ1v) is 5.00. The van der Waals surface area contributed by atoms with Crippen molar-refractivity contribution in [1.29, 1.82) is 0 Å². The summed E-state index contributed by atoms with van der Waals surface area (Å²) < 4.78 is 0. The van der Waals surface area contributed by atoms with Crippen molar-refractivity contribution in [2.45, 2.75) is 26.3 Å². The first kappa shape index (κ1) is 11.7. The van der Waals surface area contributed by atoms with Crippen LogP contribution in [0.15, 0.2) is 18.2 Å². The number of nitrogens with one attached hydrogen (secondary N) is 1. The molecule has 82 valence electrons. The fraction of sp³-hybridized carbons (Fsp3) is 0.417. The second-order valence-electron chi connectivity index (χ2n) is 3.80. The smallest absolute Gasteiger partial charge is 0.305 e. The van der Waals surface area contributed by atoms with Gasteiger partial charge in [0.2, 0.25) is 0 Å². The van der Waals surface area contributed by atoms with Crippen LogP contribution in [-0.2, 0) is 4.79 Å². The van der Waals surface area contributed by atoms with E-state index in [1.807, 2.05) is 32.0 Å². The molecule has 3 heteroatoms. The van der Waals surface area contributed by atoms with Crippen LogP contribution in [0.1, 0.15) is 29.2 Å². The van der Waals surface area contributed by atoms with E-state index in [9.17, 15) is 4.79 Å². The van der Waals surface area contributed by atoms with E-state index in [-0.39, 0.29) is 12.5 Å². The van der Waals surface area contributed by atoms with Crippen LogP contribution >= 0.6 is 0 Å². The summed E-state index contributed by atoms with van der Waals surface area (Å²) in [6, 6.07) is 5.99. The topological polar surface area (TPSA) is 49.3 Å². The minimum Gasteiger partial charge on any atom is -0.481 e. The Labute approximate surface area is 90.1 Å². The average molecular weight is 207 g/mol. The van der Waals surface area contributed by atoms with Gasteiger partial charge in [0.25, 0.3) is 0 Å². The van der Waals surface area contributed by atoms with Gasteiger partial charge in [0.1, 0.15) is 0 Å². The number of carboxylic acids is 1. The number of carboxylic acid groups (broad SMARTS) is 1. The highest BCUT2D eigenvalue weighted by Gasteiger charge is 2.15. The molecule has 1 aromatic rings. The van der Waals surface area contributed by atoms with E-state index < -0.39 is 5.97 Å². The van der Waals surface area contributed by atoms with Crippen LogP contribution in [0.5, 0.6) is 0 Å². The van der Waals surface area contributed by atoms with Crippen molar-refractivity contribution in [3.8, 4) is 0 Å². The minimum absolute atomic E-state index is 0.109. The van der Waals surface area contributed by atoms with Gasteiger partial charge in [-0.2, -0.15) is 0 Å². The molecular weight excluding hydrogens is 190 g/mol. The van der Waals surface area contributed by atoms with E-state index in [1.165, 1.54) is 0 Å². The molecule has 3 nitrogen and oxygen atoms in total. The second kappa shape index (κ2) is 4.94. The maximum Gasteiger partial charge on any atom is 0.305 e. The van der Waals surface area contributed by atoms with Gasteiger partial charge < -0.3 is 10.4 Å². The molecule has 0 saturated carbocycles. The van der Waals surface area contributed by atoms with E-state index in [0.717, 1.165) is 16.7 Å². The Bertz CT molecular complexity index is 361. The third-order valence-corrected chi connectivity index (χ3v) is 2.54. The molecule has 0 aliphatic carbocycles. The van der Waals surface area contributed by atoms with Gasteiger partial charge in [0, 0.05) is 6.04 Å². The molecule has 0 saturated heterocycles. The van der Waals surface area contributed by atoms with Gasteiger partial charge in [-0.15, -0.1) is 0 Å². The molecular formula is C12H17NO2. The lowest BCUT2D eigenvalue weighted by atomic mass is 9.97. The van der Waals surface area contributed by atoms with Gasteiger partial charge in [0.05, 0.1) is 6.42 Å². The Morgan fingerprint density at radius 2 is 2.13 bits per heavy atom. The first-order valence-electron chi connectivity index (χ1n) is 5.00. The molecule has 1 rings (SSSR count). The zero-order valence-electron chi connectivity index (χ0n) is 9.37. The highest BCUT2D eigenvalue weighted by molar-refractivity contribution is 5.68. The Morgan fingerprint density at radius 3 is 2.67 bits per heavy atom. The number of aryl methyl sites for hydroxylation is 2. The Balaban J connectivity index is 3.00. The molecule has 0 bridgehead atoms. The number of hydrogen-bond donors (Lipinski definition) is 2. The summed E-state index contributed by atoms with van der Waals surface area (Å²) in [6.45, 7) is 4.01. The monoisotopic (exact) mass is 207 g/mol. The van der Waals surface area contributed by atoms with Crippen LogP contribution in [-0.4, -0.2) is 18.1 Å². The fourth-order valence-corrected chi connectivity index (χ4v) is 1.68. The predicted molar refractivity (Wildman–Crippen MR) is 60.0 cm³/mol.